The van der Waals surface area contributed by atoms with Gasteiger partial charge in [-0.25, -0.2) is 0 Å². The normalized spacial score (nSPS) is 8.29. The standard InChI is InChI=1S/CH4O3S.Na.H2O/c1-5(2,3)4;;/h1H3,(H,2,3,4);;1H2/q;+1;/p-1. The largest absolute Gasteiger partial charge is 1.00 e. The summed E-state index contributed by atoms with van der Waals surface area (Å²) in [6.45, 7) is 0. The zero-order valence-corrected chi connectivity index (χ0v) is 6.94. The van der Waals surface area contributed by atoms with Crippen molar-refractivity contribution < 1.29 is 48.0 Å². The molecule has 6 heteroatoms. The second kappa shape index (κ2) is 5.02. The van der Waals surface area contributed by atoms with Crippen LogP contribution in [0.5, 0.6) is 0 Å². The van der Waals surface area contributed by atoms with Gasteiger partial charge in [-0.05, 0) is 0 Å². The quantitative estimate of drug-likeness (QED) is 0.274. The third-order valence-corrected chi connectivity index (χ3v) is 0. The second-order valence-electron chi connectivity index (χ2n) is 0.733. The molecule has 0 unspecified atom stereocenters. The molecule has 0 aliphatic heterocycles. The third kappa shape index (κ3) is 215. The van der Waals surface area contributed by atoms with Crippen LogP contribution in [0.4, 0.5) is 0 Å². The molecule has 0 rings (SSSR count). The Morgan fingerprint density at radius 1 is 1.43 bits per heavy atom. The molecule has 0 aliphatic rings. The van der Waals surface area contributed by atoms with Crippen molar-refractivity contribution in [3.63, 3.8) is 0 Å². The summed E-state index contributed by atoms with van der Waals surface area (Å²) < 4.78 is 25.9. The van der Waals surface area contributed by atoms with Gasteiger partial charge in [-0.1, -0.05) is 0 Å². The zero-order valence-electron chi connectivity index (χ0n) is 4.12. The van der Waals surface area contributed by atoms with Gasteiger partial charge in [-0.2, -0.15) is 8.42 Å². The third-order valence-electron chi connectivity index (χ3n) is 0. The van der Waals surface area contributed by atoms with Gasteiger partial charge in [0.1, 0.15) is 0 Å². The maximum atomic E-state index is 9.19. The van der Waals surface area contributed by atoms with Crippen LogP contribution in [0.25, 0.3) is 0 Å². The van der Waals surface area contributed by atoms with Crippen LogP contribution < -0.4 is 29.6 Å². The Morgan fingerprint density at radius 2 is 1.43 bits per heavy atom. The molecule has 0 amide bonds. The fourth-order valence-electron chi connectivity index (χ4n) is 0. The van der Waals surface area contributed by atoms with Gasteiger partial charge in [0.05, 0.1) is 6.26 Å². The monoisotopic (exact) mass is 136 g/mol. The molecule has 0 aromatic rings. The van der Waals surface area contributed by atoms with E-state index in [-0.39, 0.29) is 35.0 Å². The molecule has 7 heavy (non-hydrogen) atoms. The zero-order chi connectivity index (χ0) is 4.50. The first kappa shape index (κ1) is 15.7. The van der Waals surface area contributed by atoms with E-state index in [9.17, 15) is 8.42 Å². The van der Waals surface area contributed by atoms with Crippen molar-refractivity contribution in [3.8, 4) is 0 Å². The summed E-state index contributed by atoms with van der Waals surface area (Å²) in [6.07, 6.45) is 0.715. The van der Waals surface area contributed by atoms with E-state index < -0.39 is 10.1 Å². The average Bonchev–Trinajstić information content (AvgIpc) is 0.722. The molecule has 0 heterocycles. The smallest absolute Gasteiger partial charge is 0.870 e. The molecule has 0 aliphatic carbocycles. The van der Waals surface area contributed by atoms with E-state index in [0.29, 0.717) is 6.26 Å². The van der Waals surface area contributed by atoms with E-state index in [4.69, 9.17) is 4.55 Å². The van der Waals surface area contributed by atoms with Crippen LogP contribution in [0.1, 0.15) is 0 Å². The predicted molar refractivity (Wildman–Crippen MR) is 19.4 cm³/mol. The Labute approximate surface area is 64.3 Å². The molecule has 40 valence electrons. The van der Waals surface area contributed by atoms with Gasteiger partial charge in [-0.3, -0.25) is 4.55 Å². The van der Waals surface area contributed by atoms with Gasteiger partial charge < -0.3 is 5.48 Å². The van der Waals surface area contributed by atoms with Crippen LogP contribution in [-0.4, -0.2) is 24.7 Å². The molecular weight excluding hydrogens is 131 g/mol. The fraction of sp³-hybridized carbons (Fsp3) is 1.00. The fourth-order valence-corrected chi connectivity index (χ4v) is 0. The first-order chi connectivity index (χ1) is 2.00. The number of rotatable bonds is 0. The number of hydrogen-bond donors (Lipinski definition) is 1. The summed E-state index contributed by atoms with van der Waals surface area (Å²) in [5, 5.41) is 0. The van der Waals surface area contributed by atoms with Crippen LogP contribution in [0, 0.1) is 0 Å². The van der Waals surface area contributed by atoms with E-state index in [1.54, 1.807) is 0 Å². The first-order valence-electron chi connectivity index (χ1n) is 0.924. The Bertz CT molecular complexity index is 94.9. The summed E-state index contributed by atoms with van der Waals surface area (Å²) >= 11 is 0. The van der Waals surface area contributed by atoms with Crippen LogP contribution in [0.2, 0.25) is 0 Å². The molecule has 0 radical (unpaired) electrons. The minimum atomic E-state index is -3.67. The minimum Gasteiger partial charge on any atom is -0.870 e. The van der Waals surface area contributed by atoms with E-state index in [0.717, 1.165) is 0 Å². The molecule has 0 bridgehead atoms. The van der Waals surface area contributed by atoms with Gasteiger partial charge in [0.25, 0.3) is 10.1 Å². The SMILES string of the molecule is CS(=O)(=O)O.[Na+].[OH-]. The van der Waals surface area contributed by atoms with E-state index in [1.807, 2.05) is 0 Å². The summed E-state index contributed by atoms with van der Waals surface area (Å²) in [6, 6.07) is 0. The van der Waals surface area contributed by atoms with E-state index in [2.05, 4.69) is 0 Å². The van der Waals surface area contributed by atoms with Crippen molar-refractivity contribution in [3.05, 3.63) is 0 Å². The van der Waals surface area contributed by atoms with Gasteiger partial charge in [0.15, 0.2) is 0 Å². The molecule has 0 saturated heterocycles. The minimum absolute atomic E-state index is 0. The van der Waals surface area contributed by atoms with E-state index in [1.165, 1.54) is 0 Å². The van der Waals surface area contributed by atoms with Gasteiger partial charge in [0, 0.05) is 0 Å². The Hall–Kier alpha value is 0.870. The van der Waals surface area contributed by atoms with Crippen molar-refractivity contribution in [1.82, 2.24) is 0 Å². The van der Waals surface area contributed by atoms with Gasteiger partial charge in [-0.15, -0.1) is 0 Å². The predicted octanol–water partition coefficient (Wildman–Crippen LogP) is -3.67. The Morgan fingerprint density at radius 3 is 1.43 bits per heavy atom. The molecule has 0 saturated carbocycles. The maximum absolute atomic E-state index is 9.19. The summed E-state index contributed by atoms with van der Waals surface area (Å²) in [4.78, 5) is 0. The summed E-state index contributed by atoms with van der Waals surface area (Å²) in [7, 11) is -3.67. The molecular formula is CH5NaO4S. The van der Waals surface area contributed by atoms with Crippen LogP contribution in [0.3, 0.4) is 0 Å². The Balaban J connectivity index is -0.0000000800. The summed E-state index contributed by atoms with van der Waals surface area (Å²) in [5.41, 5.74) is 0. The molecule has 4 nitrogen and oxygen atoms in total. The second-order valence-corrected chi connectivity index (χ2v) is 2.20. The summed E-state index contributed by atoms with van der Waals surface area (Å²) in [5.74, 6) is 0. The van der Waals surface area contributed by atoms with Crippen molar-refractivity contribution in [2.75, 3.05) is 6.26 Å². The molecule has 2 N–H and O–H groups in total. The van der Waals surface area contributed by atoms with Crippen LogP contribution >= 0.6 is 0 Å². The van der Waals surface area contributed by atoms with Gasteiger partial charge >= 0.3 is 29.6 Å². The molecule has 0 fully saturated rings. The number of hydrogen-bond acceptors (Lipinski definition) is 3. The average molecular weight is 136 g/mol. The van der Waals surface area contributed by atoms with Crippen LogP contribution in [-0.2, 0) is 10.1 Å². The molecule has 0 spiro atoms. The van der Waals surface area contributed by atoms with Crippen molar-refractivity contribution >= 4 is 10.1 Å². The molecule has 0 aromatic heterocycles. The Kier molecular flexibility index (Phi) is 11.2. The first-order valence-corrected chi connectivity index (χ1v) is 2.77. The van der Waals surface area contributed by atoms with Crippen molar-refractivity contribution in [2.24, 2.45) is 0 Å². The maximum Gasteiger partial charge on any atom is 1.00 e. The van der Waals surface area contributed by atoms with Crippen LogP contribution in [0.15, 0.2) is 0 Å². The van der Waals surface area contributed by atoms with E-state index >= 15 is 0 Å². The van der Waals surface area contributed by atoms with Crippen molar-refractivity contribution in [2.45, 2.75) is 0 Å². The molecule has 0 aromatic carbocycles. The topological polar surface area (TPSA) is 84.4 Å². The van der Waals surface area contributed by atoms with Gasteiger partial charge in [0.2, 0.25) is 0 Å². The van der Waals surface area contributed by atoms with Crippen molar-refractivity contribution in [1.29, 1.82) is 0 Å². The molecule has 0 atom stereocenters.